The molecule has 6 nitrogen and oxygen atoms in total. The fourth-order valence-electron chi connectivity index (χ4n) is 5.54. The third-order valence-corrected chi connectivity index (χ3v) is 10.7. The highest BCUT2D eigenvalue weighted by Gasteiger charge is 2.35. The van der Waals surface area contributed by atoms with Gasteiger partial charge in [0.2, 0.25) is 0 Å². The van der Waals surface area contributed by atoms with Gasteiger partial charge in [-0.2, -0.15) is 0 Å². The van der Waals surface area contributed by atoms with E-state index in [2.05, 4.69) is 80.4 Å². The largest absolute Gasteiger partial charge is 0.487 e. The fourth-order valence-corrected chi connectivity index (χ4v) is 8.50. The number of halogens is 3. The molecule has 0 bridgehead atoms. The Balaban J connectivity index is 1.55. The highest BCUT2D eigenvalue weighted by Crippen LogP contribution is 2.36. The average Bonchev–Trinajstić information content (AvgIpc) is 3.38. The van der Waals surface area contributed by atoms with Crippen molar-refractivity contribution in [3.63, 3.8) is 0 Å². The lowest BCUT2D eigenvalue weighted by atomic mass is 9.91. The van der Waals surface area contributed by atoms with E-state index in [9.17, 15) is 9.59 Å². The highest BCUT2D eigenvalue weighted by atomic mass is 127. The predicted molar refractivity (Wildman–Crippen MR) is 207 cm³/mol. The average molecular weight is 898 g/mol. The van der Waals surface area contributed by atoms with Gasteiger partial charge < -0.3 is 9.47 Å². The Morgan fingerprint density at radius 1 is 1.00 bits per heavy atom. The smallest absolute Gasteiger partial charge is 0.338 e. The molecule has 0 N–H and O–H groups in total. The van der Waals surface area contributed by atoms with Crippen LogP contribution in [0.5, 0.6) is 5.75 Å². The second-order valence-electron chi connectivity index (χ2n) is 11.5. The van der Waals surface area contributed by atoms with Crippen LogP contribution >= 0.6 is 65.8 Å². The van der Waals surface area contributed by atoms with Crippen molar-refractivity contribution in [2.45, 2.75) is 39.3 Å². The molecule has 0 unspecified atom stereocenters. The first-order valence-electron chi connectivity index (χ1n) is 15.4. The molecule has 1 aliphatic rings. The Labute approximate surface area is 313 Å². The monoisotopic (exact) mass is 896 g/mol. The predicted octanol–water partition coefficient (Wildman–Crippen LogP) is 8.77. The number of aromatic nitrogens is 1. The van der Waals surface area contributed by atoms with Crippen LogP contribution in [0.25, 0.3) is 11.8 Å². The first-order chi connectivity index (χ1) is 23.1. The minimum atomic E-state index is -0.741. The van der Waals surface area contributed by atoms with Gasteiger partial charge in [-0.1, -0.05) is 124 Å². The van der Waals surface area contributed by atoms with E-state index in [1.807, 2.05) is 84.9 Å². The first-order valence-corrected chi connectivity index (χ1v) is 18.9. The Bertz CT molecular complexity index is 2190. The SMILES string of the molecule is CCOC(=O)C1=C(c2ccccc2)N=c2s/c(=C\c3cc(Br)cc(I)c3OCc3ccc(Br)cc3)c(=O)n2[C@@H]1c1ccc(C(C)C)cc1. The lowest BCUT2D eigenvalue weighted by Gasteiger charge is -2.26. The molecule has 0 aliphatic carbocycles. The molecule has 1 aromatic heterocycles. The number of carbonyl (C=O) groups excluding carboxylic acids is 1. The minimum Gasteiger partial charge on any atom is -0.487 e. The van der Waals surface area contributed by atoms with Crippen LogP contribution in [0.1, 0.15) is 60.5 Å². The van der Waals surface area contributed by atoms with Crippen molar-refractivity contribution in [1.82, 2.24) is 4.57 Å². The molecule has 10 heteroatoms. The molecule has 6 rings (SSSR count). The maximum atomic E-state index is 14.5. The van der Waals surface area contributed by atoms with Crippen molar-refractivity contribution < 1.29 is 14.3 Å². The molecule has 1 atom stereocenters. The third-order valence-electron chi connectivity index (χ3n) is 7.91. The van der Waals surface area contributed by atoms with Gasteiger partial charge in [-0.05, 0) is 82.5 Å². The molecule has 2 heterocycles. The van der Waals surface area contributed by atoms with Gasteiger partial charge >= 0.3 is 5.97 Å². The Morgan fingerprint density at radius 3 is 2.38 bits per heavy atom. The van der Waals surface area contributed by atoms with E-state index < -0.39 is 12.0 Å². The van der Waals surface area contributed by atoms with Crippen molar-refractivity contribution in [3.05, 3.63) is 157 Å². The summed E-state index contributed by atoms with van der Waals surface area (Å²) < 4.78 is 16.8. The molecule has 0 fully saturated rings. The number of nitrogens with zero attached hydrogens (tertiary/aromatic N) is 2. The summed E-state index contributed by atoms with van der Waals surface area (Å²) in [4.78, 5) is 33.8. The van der Waals surface area contributed by atoms with Crippen LogP contribution in [0.2, 0.25) is 0 Å². The van der Waals surface area contributed by atoms with Crippen molar-refractivity contribution in [2.24, 2.45) is 4.99 Å². The summed E-state index contributed by atoms with van der Waals surface area (Å²) in [5, 5.41) is 0. The summed E-state index contributed by atoms with van der Waals surface area (Å²) in [6.07, 6.45) is 1.85. The summed E-state index contributed by atoms with van der Waals surface area (Å²) in [5.41, 5.74) is 5.08. The molecule has 5 aromatic rings. The van der Waals surface area contributed by atoms with E-state index in [0.717, 1.165) is 40.3 Å². The number of fused-ring (bicyclic) bond motifs is 1. The summed E-state index contributed by atoms with van der Waals surface area (Å²) in [5.74, 6) is 0.497. The van der Waals surface area contributed by atoms with Crippen LogP contribution in [0.4, 0.5) is 0 Å². The van der Waals surface area contributed by atoms with Crippen LogP contribution in [-0.4, -0.2) is 17.1 Å². The normalized spacial score (nSPS) is 14.6. The maximum Gasteiger partial charge on any atom is 0.338 e. The van der Waals surface area contributed by atoms with E-state index in [1.165, 1.54) is 11.3 Å². The number of hydrogen-bond acceptors (Lipinski definition) is 6. The zero-order valence-electron chi connectivity index (χ0n) is 26.4. The molecular weight excluding hydrogens is 867 g/mol. The van der Waals surface area contributed by atoms with Crippen molar-refractivity contribution in [2.75, 3.05) is 6.61 Å². The maximum absolute atomic E-state index is 14.5. The van der Waals surface area contributed by atoms with Crippen LogP contribution in [0.3, 0.4) is 0 Å². The second kappa shape index (κ2) is 15.1. The standard InChI is InChI=1S/C38H31Br2IN2O4S/c1-4-46-37(45)32-33(25-8-6-5-7-9-25)42-38-43(34(32)26-14-12-24(13-15-26)22(2)3)36(44)31(48-38)19-27-18-29(40)20-30(41)35(27)47-21-23-10-16-28(39)17-11-23/h5-20,22,34H,4,21H2,1-3H3/b31-19-/t34-/m1/s1. The molecule has 4 aromatic carbocycles. The molecule has 0 radical (unpaired) electrons. The zero-order chi connectivity index (χ0) is 33.9. The lowest BCUT2D eigenvalue weighted by molar-refractivity contribution is -0.138. The van der Waals surface area contributed by atoms with Crippen molar-refractivity contribution in [1.29, 1.82) is 0 Å². The number of carbonyl (C=O) groups is 1. The van der Waals surface area contributed by atoms with Crippen LogP contribution < -0.4 is 19.6 Å². The van der Waals surface area contributed by atoms with Crippen LogP contribution in [0.15, 0.2) is 115 Å². The van der Waals surface area contributed by atoms with E-state index in [4.69, 9.17) is 14.5 Å². The molecule has 244 valence electrons. The van der Waals surface area contributed by atoms with Gasteiger partial charge in [0.05, 0.1) is 32.0 Å². The molecule has 0 spiro atoms. The van der Waals surface area contributed by atoms with Gasteiger partial charge in [-0.15, -0.1) is 0 Å². The number of rotatable bonds is 9. The number of benzene rings is 4. The highest BCUT2D eigenvalue weighted by molar-refractivity contribution is 14.1. The van der Waals surface area contributed by atoms with Gasteiger partial charge in [0, 0.05) is 20.1 Å². The van der Waals surface area contributed by atoms with Crippen LogP contribution in [-0.2, 0) is 16.1 Å². The van der Waals surface area contributed by atoms with Gasteiger partial charge in [0.1, 0.15) is 12.4 Å². The number of esters is 1. The third kappa shape index (κ3) is 7.31. The van der Waals surface area contributed by atoms with Gasteiger partial charge in [-0.3, -0.25) is 9.36 Å². The van der Waals surface area contributed by atoms with E-state index in [0.29, 0.717) is 38.9 Å². The van der Waals surface area contributed by atoms with Gasteiger partial charge in [-0.25, -0.2) is 9.79 Å². The van der Waals surface area contributed by atoms with Gasteiger partial charge in [0.25, 0.3) is 5.56 Å². The number of hydrogen-bond donors (Lipinski definition) is 0. The molecule has 48 heavy (non-hydrogen) atoms. The summed E-state index contributed by atoms with van der Waals surface area (Å²) in [7, 11) is 0. The minimum absolute atomic E-state index is 0.193. The summed E-state index contributed by atoms with van der Waals surface area (Å²) >= 11 is 10.7. The zero-order valence-corrected chi connectivity index (χ0v) is 32.5. The first kappa shape index (κ1) is 34.5. The van der Waals surface area contributed by atoms with E-state index >= 15 is 0 Å². The quantitative estimate of drug-likeness (QED) is 0.110. The van der Waals surface area contributed by atoms with Crippen molar-refractivity contribution in [3.8, 4) is 5.75 Å². The molecule has 0 saturated heterocycles. The van der Waals surface area contributed by atoms with Crippen molar-refractivity contribution >= 4 is 83.5 Å². The Kier molecular flexibility index (Phi) is 10.8. The second-order valence-corrected chi connectivity index (χ2v) is 15.5. The fraction of sp³-hybridized carbons (Fsp3) is 0.184. The Morgan fingerprint density at radius 2 is 1.71 bits per heavy atom. The lowest BCUT2D eigenvalue weighted by Crippen LogP contribution is -2.40. The molecule has 0 saturated carbocycles. The van der Waals surface area contributed by atoms with E-state index in [-0.39, 0.29) is 12.2 Å². The molecular formula is C38H31Br2IN2O4S. The molecule has 0 amide bonds. The summed E-state index contributed by atoms with van der Waals surface area (Å²) in [6, 6.07) is 28.8. The van der Waals surface area contributed by atoms with E-state index in [1.54, 1.807) is 11.5 Å². The van der Waals surface area contributed by atoms with Crippen LogP contribution in [0, 0.1) is 3.57 Å². The van der Waals surface area contributed by atoms with Gasteiger partial charge in [0.15, 0.2) is 4.80 Å². The number of thiazole rings is 1. The Hall–Kier alpha value is -3.32. The number of ether oxygens (including phenoxy) is 2. The topological polar surface area (TPSA) is 69.9 Å². The molecule has 1 aliphatic heterocycles. The summed E-state index contributed by atoms with van der Waals surface area (Å²) in [6.45, 7) is 6.60.